The van der Waals surface area contributed by atoms with E-state index in [2.05, 4.69) is 15.3 Å². The molecule has 2 aromatic heterocycles. The van der Waals surface area contributed by atoms with E-state index in [0.29, 0.717) is 17.9 Å². The first kappa shape index (κ1) is 12.3. The number of hydrogen-bond acceptors (Lipinski definition) is 2. The lowest BCUT2D eigenvalue weighted by atomic mass is 10.2. The first-order valence-electron chi connectivity index (χ1n) is 6.19. The molecular formula is C15H12FN3O. The monoisotopic (exact) mass is 269 g/mol. The molecular weight excluding hydrogens is 257 g/mol. The quantitative estimate of drug-likeness (QED) is 0.768. The van der Waals surface area contributed by atoms with Crippen molar-refractivity contribution in [1.29, 1.82) is 0 Å². The van der Waals surface area contributed by atoms with Crippen LogP contribution >= 0.6 is 0 Å². The summed E-state index contributed by atoms with van der Waals surface area (Å²) < 4.78 is 12.8. The molecule has 0 saturated heterocycles. The summed E-state index contributed by atoms with van der Waals surface area (Å²) in [5.41, 5.74) is 1.98. The highest BCUT2D eigenvalue weighted by molar-refractivity contribution is 5.97. The summed E-state index contributed by atoms with van der Waals surface area (Å²) in [5.74, 6) is -0.505. The number of carbonyl (C=O) groups excluding carboxylic acids is 1. The Morgan fingerprint density at radius 2 is 2.05 bits per heavy atom. The van der Waals surface area contributed by atoms with Gasteiger partial charge < -0.3 is 10.3 Å². The van der Waals surface area contributed by atoms with Crippen LogP contribution in [0.1, 0.15) is 16.1 Å². The number of pyridine rings is 1. The van der Waals surface area contributed by atoms with E-state index in [0.717, 1.165) is 10.9 Å². The van der Waals surface area contributed by atoms with Crippen LogP contribution in [0, 0.1) is 5.82 Å². The second-order valence-electron chi connectivity index (χ2n) is 4.43. The van der Waals surface area contributed by atoms with Crippen LogP contribution in [0.3, 0.4) is 0 Å². The van der Waals surface area contributed by atoms with Gasteiger partial charge in [-0.15, -0.1) is 0 Å². The summed E-state index contributed by atoms with van der Waals surface area (Å²) in [5, 5.41) is 3.66. The van der Waals surface area contributed by atoms with Crippen molar-refractivity contribution in [2.24, 2.45) is 0 Å². The van der Waals surface area contributed by atoms with Gasteiger partial charge in [0.15, 0.2) is 0 Å². The summed E-state index contributed by atoms with van der Waals surface area (Å²) >= 11 is 0. The Morgan fingerprint density at radius 3 is 2.80 bits per heavy atom. The first-order chi connectivity index (χ1) is 9.72. The van der Waals surface area contributed by atoms with Gasteiger partial charge in [-0.1, -0.05) is 12.1 Å². The molecule has 3 rings (SSSR count). The van der Waals surface area contributed by atoms with E-state index in [1.54, 1.807) is 24.4 Å². The highest BCUT2D eigenvalue weighted by atomic mass is 19.1. The summed E-state index contributed by atoms with van der Waals surface area (Å²) in [7, 11) is 0. The number of H-pyrrole nitrogens is 1. The minimum absolute atomic E-state index is 0.215. The van der Waals surface area contributed by atoms with E-state index >= 15 is 0 Å². The molecule has 0 aliphatic rings. The molecule has 1 aromatic carbocycles. The number of hydrogen-bond donors (Lipinski definition) is 2. The van der Waals surface area contributed by atoms with Crippen molar-refractivity contribution in [3.05, 3.63) is 65.7 Å². The predicted octanol–water partition coefficient (Wildman–Crippen LogP) is 2.63. The van der Waals surface area contributed by atoms with Crippen LogP contribution < -0.4 is 5.32 Å². The number of nitrogens with one attached hydrogen (secondary N) is 2. The number of benzene rings is 1. The molecule has 2 heterocycles. The van der Waals surface area contributed by atoms with Crippen molar-refractivity contribution in [1.82, 2.24) is 15.3 Å². The van der Waals surface area contributed by atoms with Crippen molar-refractivity contribution >= 4 is 16.9 Å². The molecule has 20 heavy (non-hydrogen) atoms. The zero-order valence-corrected chi connectivity index (χ0v) is 10.6. The van der Waals surface area contributed by atoms with E-state index in [-0.39, 0.29) is 11.7 Å². The van der Waals surface area contributed by atoms with Gasteiger partial charge in [-0.3, -0.25) is 4.79 Å². The lowest BCUT2D eigenvalue weighted by molar-refractivity contribution is 0.0946. The molecule has 1 amide bonds. The molecule has 0 aliphatic carbocycles. The Balaban J connectivity index is 1.71. The lowest BCUT2D eigenvalue weighted by Gasteiger charge is -2.03. The number of nitrogens with zero attached hydrogens (tertiary/aromatic N) is 1. The van der Waals surface area contributed by atoms with Crippen LogP contribution in [-0.4, -0.2) is 15.9 Å². The minimum atomic E-state index is -0.290. The van der Waals surface area contributed by atoms with Gasteiger partial charge >= 0.3 is 0 Å². The molecule has 100 valence electrons. The molecule has 4 nitrogen and oxygen atoms in total. The Morgan fingerprint density at radius 1 is 1.25 bits per heavy atom. The minimum Gasteiger partial charge on any atom is -0.347 e. The molecule has 3 aromatic rings. The molecule has 0 radical (unpaired) electrons. The maximum atomic E-state index is 12.8. The van der Waals surface area contributed by atoms with Crippen LogP contribution in [0.5, 0.6) is 0 Å². The Labute approximate surface area is 114 Å². The zero-order valence-electron chi connectivity index (χ0n) is 10.6. The summed E-state index contributed by atoms with van der Waals surface area (Å²) in [6.07, 6.45) is 1.67. The fraction of sp³-hybridized carbons (Fsp3) is 0.0667. The van der Waals surface area contributed by atoms with E-state index in [1.165, 1.54) is 12.1 Å². The second kappa shape index (κ2) is 5.13. The van der Waals surface area contributed by atoms with Crippen LogP contribution in [0.15, 0.2) is 48.7 Å². The zero-order chi connectivity index (χ0) is 13.9. The van der Waals surface area contributed by atoms with Crippen LogP contribution in [0.4, 0.5) is 4.39 Å². The average Bonchev–Trinajstić information content (AvgIpc) is 2.90. The molecule has 0 fully saturated rings. The summed E-state index contributed by atoms with van der Waals surface area (Å²) in [6, 6.07) is 11.5. The van der Waals surface area contributed by atoms with E-state index in [4.69, 9.17) is 0 Å². The molecule has 0 unspecified atom stereocenters. The molecule has 0 aliphatic heterocycles. The van der Waals surface area contributed by atoms with Crippen LogP contribution in [-0.2, 0) is 6.54 Å². The third kappa shape index (κ3) is 2.51. The van der Waals surface area contributed by atoms with E-state index < -0.39 is 0 Å². The van der Waals surface area contributed by atoms with Gasteiger partial charge in [-0.05, 0) is 35.9 Å². The Hall–Kier alpha value is -2.69. The van der Waals surface area contributed by atoms with Crippen molar-refractivity contribution < 1.29 is 9.18 Å². The largest absolute Gasteiger partial charge is 0.347 e. The molecule has 0 saturated carbocycles. The Bertz CT molecular complexity index is 716. The smallest absolute Gasteiger partial charge is 0.268 e. The molecule has 0 spiro atoms. The van der Waals surface area contributed by atoms with Gasteiger partial charge in [0.05, 0.1) is 0 Å². The highest BCUT2D eigenvalue weighted by Gasteiger charge is 2.09. The number of aromatic nitrogens is 2. The number of aromatic amines is 1. The normalized spacial score (nSPS) is 10.7. The second-order valence-corrected chi connectivity index (χ2v) is 4.43. The maximum Gasteiger partial charge on any atom is 0.268 e. The first-order valence-corrected chi connectivity index (χ1v) is 6.19. The van der Waals surface area contributed by atoms with E-state index in [1.807, 2.05) is 12.1 Å². The van der Waals surface area contributed by atoms with Crippen molar-refractivity contribution in [2.75, 3.05) is 0 Å². The summed E-state index contributed by atoms with van der Waals surface area (Å²) in [6.45, 7) is 0.349. The summed E-state index contributed by atoms with van der Waals surface area (Å²) in [4.78, 5) is 19.1. The molecule has 0 atom stereocenters. The van der Waals surface area contributed by atoms with Gasteiger partial charge in [0.1, 0.15) is 17.2 Å². The fourth-order valence-electron chi connectivity index (χ4n) is 1.96. The standard InChI is InChI=1S/C15H12FN3O/c16-12-5-3-10(4-6-12)9-18-15(20)13-8-11-2-1-7-17-14(11)19-13/h1-8H,9H2,(H,17,19)(H,18,20). The van der Waals surface area contributed by atoms with Gasteiger partial charge in [-0.25, -0.2) is 9.37 Å². The fourth-order valence-corrected chi connectivity index (χ4v) is 1.96. The van der Waals surface area contributed by atoms with Gasteiger partial charge in [-0.2, -0.15) is 0 Å². The number of carbonyl (C=O) groups is 1. The molecule has 5 heteroatoms. The van der Waals surface area contributed by atoms with Crippen molar-refractivity contribution in [3.8, 4) is 0 Å². The van der Waals surface area contributed by atoms with Gasteiger partial charge in [0.2, 0.25) is 0 Å². The topological polar surface area (TPSA) is 57.8 Å². The molecule has 0 bridgehead atoms. The van der Waals surface area contributed by atoms with E-state index in [9.17, 15) is 9.18 Å². The number of fused-ring (bicyclic) bond motifs is 1. The number of amides is 1. The number of rotatable bonds is 3. The lowest BCUT2D eigenvalue weighted by Crippen LogP contribution is -2.23. The van der Waals surface area contributed by atoms with Crippen molar-refractivity contribution in [3.63, 3.8) is 0 Å². The molecule has 2 N–H and O–H groups in total. The third-order valence-electron chi connectivity index (χ3n) is 3.00. The van der Waals surface area contributed by atoms with Crippen LogP contribution in [0.2, 0.25) is 0 Å². The van der Waals surface area contributed by atoms with Gasteiger partial charge in [0, 0.05) is 18.1 Å². The maximum absolute atomic E-state index is 12.8. The number of halogens is 1. The average molecular weight is 269 g/mol. The van der Waals surface area contributed by atoms with Gasteiger partial charge in [0.25, 0.3) is 5.91 Å². The van der Waals surface area contributed by atoms with Crippen LogP contribution in [0.25, 0.3) is 11.0 Å². The Kier molecular flexibility index (Phi) is 3.16. The third-order valence-corrected chi connectivity index (χ3v) is 3.00. The van der Waals surface area contributed by atoms with Crippen molar-refractivity contribution in [2.45, 2.75) is 6.54 Å². The highest BCUT2D eigenvalue weighted by Crippen LogP contribution is 2.12. The predicted molar refractivity (Wildman–Crippen MR) is 73.7 cm³/mol. The SMILES string of the molecule is O=C(NCc1ccc(F)cc1)c1cc2cccnc2[nH]1.